The van der Waals surface area contributed by atoms with Gasteiger partial charge in [0.2, 0.25) is 0 Å². The second-order valence-electron chi connectivity index (χ2n) is 3.25. The Morgan fingerprint density at radius 1 is 1.43 bits per heavy atom. The maximum atomic E-state index is 11.2. The molecule has 82 valence electrons. The van der Waals surface area contributed by atoms with Gasteiger partial charge in [0, 0.05) is 12.5 Å². The molecule has 4 heteroatoms. The molecule has 0 amide bonds. The third kappa shape index (κ3) is 3.27. The van der Waals surface area contributed by atoms with Gasteiger partial charge >= 0.3 is 5.97 Å². The van der Waals surface area contributed by atoms with Crippen molar-refractivity contribution in [3.63, 3.8) is 0 Å². The molecule has 1 aliphatic heterocycles. The topological polar surface area (TPSA) is 44.8 Å². The molecule has 4 nitrogen and oxygen atoms in total. The molecule has 0 saturated carbocycles. The summed E-state index contributed by atoms with van der Waals surface area (Å²) in [6.07, 6.45) is 1.06. The zero-order valence-electron chi connectivity index (χ0n) is 8.82. The molecule has 1 aliphatic rings. The predicted octanol–water partition coefficient (Wildman–Crippen LogP) is 1.34. The molecule has 1 fully saturated rings. The average Bonchev–Trinajstić information content (AvgIpc) is 2.54. The molecule has 0 aliphatic carbocycles. The lowest BCUT2D eigenvalue weighted by molar-refractivity contribution is -0.153. The van der Waals surface area contributed by atoms with E-state index in [1.165, 1.54) is 0 Å². The Hall–Kier alpha value is -0.610. The molecule has 0 aromatic rings. The number of ether oxygens (including phenoxy) is 3. The van der Waals surface area contributed by atoms with Crippen molar-refractivity contribution in [2.75, 3.05) is 19.8 Å². The molecule has 0 bridgehead atoms. The monoisotopic (exact) mass is 202 g/mol. The van der Waals surface area contributed by atoms with Crippen LogP contribution in [0.3, 0.4) is 0 Å². The lowest BCUT2D eigenvalue weighted by Gasteiger charge is -2.17. The molecule has 1 heterocycles. The molecule has 14 heavy (non-hydrogen) atoms. The molecule has 0 N–H and O–H groups in total. The molecular weight excluding hydrogens is 184 g/mol. The number of esters is 1. The smallest absolute Gasteiger partial charge is 0.306 e. The summed E-state index contributed by atoms with van der Waals surface area (Å²) >= 11 is 0. The van der Waals surface area contributed by atoms with E-state index in [0.29, 0.717) is 26.2 Å². The minimum atomic E-state index is -0.218. The summed E-state index contributed by atoms with van der Waals surface area (Å²) in [7, 11) is 0. The van der Waals surface area contributed by atoms with Gasteiger partial charge in [-0.1, -0.05) is 0 Å². The minimum Gasteiger partial charge on any atom is -0.466 e. The third-order valence-corrected chi connectivity index (χ3v) is 2.22. The normalized spacial score (nSPS) is 26.4. The highest BCUT2D eigenvalue weighted by atomic mass is 16.7. The van der Waals surface area contributed by atoms with Crippen LogP contribution >= 0.6 is 0 Å². The highest BCUT2D eigenvalue weighted by molar-refractivity contribution is 5.69. The molecule has 2 unspecified atom stereocenters. The van der Waals surface area contributed by atoms with Gasteiger partial charge in [0.05, 0.1) is 19.6 Å². The summed E-state index contributed by atoms with van der Waals surface area (Å²) < 4.78 is 15.6. The van der Waals surface area contributed by atoms with E-state index in [4.69, 9.17) is 14.2 Å². The van der Waals surface area contributed by atoms with Crippen molar-refractivity contribution >= 4 is 5.97 Å². The van der Waals surface area contributed by atoms with Crippen molar-refractivity contribution in [2.45, 2.75) is 33.0 Å². The Balaban J connectivity index is 2.31. The van der Waals surface area contributed by atoms with Crippen molar-refractivity contribution < 1.29 is 19.0 Å². The highest BCUT2D eigenvalue weighted by Crippen LogP contribution is 2.25. The SMILES string of the molecule is CCOC(=O)CC1CCOC1OCC. The fourth-order valence-corrected chi connectivity index (χ4v) is 1.59. The van der Waals surface area contributed by atoms with Gasteiger partial charge in [-0.3, -0.25) is 4.79 Å². The Labute approximate surface area is 84.5 Å². The van der Waals surface area contributed by atoms with Crippen LogP contribution in [-0.4, -0.2) is 32.1 Å². The number of hydrogen-bond acceptors (Lipinski definition) is 4. The molecule has 1 rings (SSSR count). The highest BCUT2D eigenvalue weighted by Gasteiger charge is 2.30. The van der Waals surface area contributed by atoms with Gasteiger partial charge in [0.25, 0.3) is 0 Å². The predicted molar refractivity (Wildman–Crippen MR) is 50.7 cm³/mol. The number of carbonyl (C=O) groups excluding carboxylic acids is 1. The van der Waals surface area contributed by atoms with Crippen LogP contribution in [-0.2, 0) is 19.0 Å². The van der Waals surface area contributed by atoms with Crippen molar-refractivity contribution in [3.05, 3.63) is 0 Å². The van der Waals surface area contributed by atoms with Crippen LogP contribution in [0.5, 0.6) is 0 Å². The van der Waals surface area contributed by atoms with Crippen molar-refractivity contribution in [1.82, 2.24) is 0 Å². The molecule has 0 radical (unpaired) electrons. The van der Waals surface area contributed by atoms with Gasteiger partial charge in [-0.15, -0.1) is 0 Å². The van der Waals surface area contributed by atoms with E-state index in [9.17, 15) is 4.79 Å². The summed E-state index contributed by atoms with van der Waals surface area (Å²) in [6, 6.07) is 0. The maximum Gasteiger partial charge on any atom is 0.306 e. The van der Waals surface area contributed by atoms with E-state index in [0.717, 1.165) is 6.42 Å². The van der Waals surface area contributed by atoms with Crippen LogP contribution in [0.2, 0.25) is 0 Å². The van der Waals surface area contributed by atoms with Crippen LogP contribution in [0.4, 0.5) is 0 Å². The first-order valence-corrected chi connectivity index (χ1v) is 5.16. The summed E-state index contributed by atoms with van der Waals surface area (Å²) in [5.41, 5.74) is 0. The number of hydrogen-bond donors (Lipinski definition) is 0. The van der Waals surface area contributed by atoms with Crippen LogP contribution in [0.15, 0.2) is 0 Å². The Morgan fingerprint density at radius 3 is 2.86 bits per heavy atom. The summed E-state index contributed by atoms with van der Waals surface area (Å²) in [4.78, 5) is 11.2. The van der Waals surface area contributed by atoms with E-state index in [2.05, 4.69) is 0 Å². The zero-order chi connectivity index (χ0) is 10.4. The minimum absolute atomic E-state index is 0.160. The van der Waals surface area contributed by atoms with E-state index >= 15 is 0 Å². The van der Waals surface area contributed by atoms with Crippen molar-refractivity contribution in [2.24, 2.45) is 5.92 Å². The number of rotatable bonds is 5. The molecule has 0 aromatic carbocycles. The molecule has 2 atom stereocenters. The first kappa shape index (κ1) is 11.5. The van der Waals surface area contributed by atoms with E-state index in [1.54, 1.807) is 0 Å². The van der Waals surface area contributed by atoms with Gasteiger partial charge in [-0.05, 0) is 20.3 Å². The standard InChI is InChI=1S/C10H18O4/c1-3-12-9(11)7-8-5-6-14-10(8)13-4-2/h8,10H,3-7H2,1-2H3. The Kier molecular flexibility index (Phi) is 4.90. The molecule has 1 saturated heterocycles. The first-order valence-electron chi connectivity index (χ1n) is 5.16. The molecular formula is C10H18O4. The van der Waals surface area contributed by atoms with Crippen molar-refractivity contribution in [1.29, 1.82) is 0 Å². The molecule has 0 spiro atoms. The van der Waals surface area contributed by atoms with Gasteiger partial charge in [0.1, 0.15) is 0 Å². The Morgan fingerprint density at radius 2 is 2.21 bits per heavy atom. The van der Waals surface area contributed by atoms with Crippen LogP contribution < -0.4 is 0 Å². The lowest BCUT2D eigenvalue weighted by atomic mass is 10.0. The summed E-state index contributed by atoms with van der Waals surface area (Å²) in [6.45, 7) is 5.45. The second kappa shape index (κ2) is 5.98. The van der Waals surface area contributed by atoms with Gasteiger partial charge in [0.15, 0.2) is 6.29 Å². The molecule has 0 aromatic heterocycles. The van der Waals surface area contributed by atoms with Gasteiger partial charge < -0.3 is 14.2 Å². The van der Waals surface area contributed by atoms with Gasteiger partial charge in [-0.25, -0.2) is 0 Å². The van der Waals surface area contributed by atoms with Gasteiger partial charge in [-0.2, -0.15) is 0 Å². The quantitative estimate of drug-likeness (QED) is 0.631. The van der Waals surface area contributed by atoms with E-state index < -0.39 is 0 Å². The second-order valence-corrected chi connectivity index (χ2v) is 3.25. The average molecular weight is 202 g/mol. The summed E-state index contributed by atoms with van der Waals surface area (Å²) in [5.74, 6) is 0.00158. The van der Waals surface area contributed by atoms with Crippen LogP contribution in [0.1, 0.15) is 26.7 Å². The zero-order valence-corrected chi connectivity index (χ0v) is 8.82. The third-order valence-electron chi connectivity index (χ3n) is 2.22. The van der Waals surface area contributed by atoms with Crippen LogP contribution in [0, 0.1) is 5.92 Å². The Bertz CT molecular complexity index is 181. The first-order chi connectivity index (χ1) is 6.77. The lowest BCUT2D eigenvalue weighted by Crippen LogP contribution is -2.23. The van der Waals surface area contributed by atoms with E-state index in [1.807, 2.05) is 13.8 Å². The summed E-state index contributed by atoms with van der Waals surface area (Å²) in [5, 5.41) is 0. The fraction of sp³-hybridized carbons (Fsp3) is 0.900. The largest absolute Gasteiger partial charge is 0.466 e. The van der Waals surface area contributed by atoms with Crippen LogP contribution in [0.25, 0.3) is 0 Å². The van der Waals surface area contributed by atoms with E-state index in [-0.39, 0.29) is 18.2 Å². The maximum absolute atomic E-state index is 11.2. The fourth-order valence-electron chi connectivity index (χ4n) is 1.59. The number of carbonyl (C=O) groups is 1. The van der Waals surface area contributed by atoms with Crippen molar-refractivity contribution in [3.8, 4) is 0 Å².